The Morgan fingerprint density at radius 3 is 2.29 bits per heavy atom. The summed E-state index contributed by atoms with van der Waals surface area (Å²) in [5.74, 6) is -0.602. The van der Waals surface area contributed by atoms with Gasteiger partial charge in [-0.25, -0.2) is 0 Å². The highest BCUT2D eigenvalue weighted by molar-refractivity contribution is 6.09. The summed E-state index contributed by atoms with van der Waals surface area (Å²) < 4.78 is 0. The second-order valence-electron chi connectivity index (χ2n) is 8.38. The molecule has 31 heavy (non-hydrogen) atoms. The summed E-state index contributed by atoms with van der Waals surface area (Å²) >= 11 is 0. The Kier molecular flexibility index (Phi) is 6.58. The van der Waals surface area contributed by atoms with Gasteiger partial charge in [0.1, 0.15) is 0 Å². The lowest BCUT2D eigenvalue weighted by atomic mass is 10.0. The van der Waals surface area contributed by atoms with Crippen molar-refractivity contribution in [2.45, 2.75) is 45.6 Å². The molecule has 2 aromatic rings. The molecule has 0 aliphatic carbocycles. The highest BCUT2D eigenvalue weighted by Gasteiger charge is 2.23. The van der Waals surface area contributed by atoms with E-state index < -0.39 is 10.8 Å². The molecule has 1 aliphatic rings. The van der Waals surface area contributed by atoms with E-state index in [1.54, 1.807) is 30.3 Å². The first-order valence-corrected chi connectivity index (χ1v) is 10.5. The van der Waals surface area contributed by atoms with Crippen LogP contribution in [0.25, 0.3) is 0 Å². The average molecular weight is 425 g/mol. The van der Waals surface area contributed by atoms with Gasteiger partial charge in [-0.2, -0.15) is 0 Å². The summed E-state index contributed by atoms with van der Waals surface area (Å²) in [6.45, 7) is 7.54. The highest BCUT2D eigenvalue weighted by atomic mass is 16.6. The van der Waals surface area contributed by atoms with Crippen molar-refractivity contribution in [3.05, 3.63) is 63.7 Å². The zero-order valence-electron chi connectivity index (χ0n) is 18.1. The number of hydrogen-bond donors (Lipinski definition) is 2. The molecule has 2 aromatic carbocycles. The standard InChI is InChI=1S/C23H28N4O4/c1-4-23(2,3)25-21(28)16-7-9-17(10-8-16)24-22(29)19-15-18(27(30)31)11-12-20(19)26-13-5-6-14-26/h7-12,15H,4-6,13-14H2,1-3H3,(H,24,29)(H,25,28). The normalized spacial score (nSPS) is 13.7. The number of non-ortho nitro benzene ring substituents is 1. The van der Waals surface area contributed by atoms with Crippen LogP contribution in [0.15, 0.2) is 42.5 Å². The zero-order valence-corrected chi connectivity index (χ0v) is 18.1. The number of rotatable bonds is 7. The number of nitrogens with one attached hydrogen (secondary N) is 2. The number of nitro benzene ring substituents is 1. The largest absolute Gasteiger partial charge is 0.371 e. The van der Waals surface area contributed by atoms with Crippen LogP contribution in [0.5, 0.6) is 0 Å². The van der Waals surface area contributed by atoms with Crippen molar-refractivity contribution >= 4 is 28.9 Å². The van der Waals surface area contributed by atoms with Crippen molar-refractivity contribution in [3.8, 4) is 0 Å². The number of carbonyl (C=O) groups excluding carboxylic acids is 2. The first kappa shape index (κ1) is 22.3. The molecule has 1 aliphatic heterocycles. The number of benzene rings is 2. The zero-order chi connectivity index (χ0) is 22.6. The van der Waals surface area contributed by atoms with E-state index in [9.17, 15) is 19.7 Å². The molecule has 8 nitrogen and oxygen atoms in total. The van der Waals surface area contributed by atoms with Crippen LogP contribution in [-0.2, 0) is 0 Å². The molecular formula is C23H28N4O4. The van der Waals surface area contributed by atoms with Crippen LogP contribution >= 0.6 is 0 Å². The van der Waals surface area contributed by atoms with Gasteiger partial charge in [0.05, 0.1) is 16.2 Å². The van der Waals surface area contributed by atoms with Gasteiger partial charge in [0, 0.05) is 42.0 Å². The smallest absolute Gasteiger partial charge is 0.270 e. The van der Waals surface area contributed by atoms with Crippen molar-refractivity contribution in [1.82, 2.24) is 5.32 Å². The summed E-state index contributed by atoms with van der Waals surface area (Å²) in [6, 6.07) is 11.0. The van der Waals surface area contributed by atoms with Gasteiger partial charge in [0.2, 0.25) is 0 Å². The minimum Gasteiger partial charge on any atom is -0.371 e. The summed E-state index contributed by atoms with van der Waals surface area (Å²) in [5.41, 5.74) is 1.53. The van der Waals surface area contributed by atoms with Crippen LogP contribution in [0, 0.1) is 10.1 Å². The molecule has 2 amide bonds. The SMILES string of the molecule is CCC(C)(C)NC(=O)c1ccc(NC(=O)c2cc([N+](=O)[O-])ccc2N2CCCC2)cc1. The minimum atomic E-state index is -0.504. The van der Waals surface area contributed by atoms with E-state index >= 15 is 0 Å². The van der Waals surface area contributed by atoms with Crippen LogP contribution in [-0.4, -0.2) is 35.4 Å². The Balaban J connectivity index is 1.78. The van der Waals surface area contributed by atoms with E-state index in [-0.39, 0.29) is 22.7 Å². The lowest BCUT2D eigenvalue weighted by molar-refractivity contribution is -0.384. The molecule has 0 bridgehead atoms. The fourth-order valence-electron chi connectivity index (χ4n) is 3.42. The van der Waals surface area contributed by atoms with E-state index in [2.05, 4.69) is 15.5 Å². The van der Waals surface area contributed by atoms with Gasteiger partial charge in [-0.15, -0.1) is 0 Å². The van der Waals surface area contributed by atoms with Gasteiger partial charge < -0.3 is 15.5 Å². The molecule has 0 atom stereocenters. The monoisotopic (exact) mass is 424 g/mol. The third kappa shape index (κ3) is 5.39. The predicted molar refractivity (Wildman–Crippen MR) is 121 cm³/mol. The van der Waals surface area contributed by atoms with Crippen LogP contribution < -0.4 is 15.5 Å². The molecule has 2 N–H and O–H groups in total. The minimum absolute atomic E-state index is 0.126. The van der Waals surface area contributed by atoms with E-state index in [1.165, 1.54) is 12.1 Å². The summed E-state index contributed by atoms with van der Waals surface area (Å²) in [5, 5.41) is 17.0. The maximum Gasteiger partial charge on any atom is 0.270 e. The van der Waals surface area contributed by atoms with Crippen LogP contribution in [0.3, 0.4) is 0 Å². The maximum atomic E-state index is 13.0. The molecule has 0 aromatic heterocycles. The Labute approximate surface area is 181 Å². The summed E-state index contributed by atoms with van der Waals surface area (Å²) in [6.07, 6.45) is 2.85. The number of carbonyl (C=O) groups is 2. The lowest BCUT2D eigenvalue weighted by Crippen LogP contribution is -2.42. The Hall–Kier alpha value is -3.42. The van der Waals surface area contributed by atoms with Gasteiger partial charge in [-0.3, -0.25) is 19.7 Å². The number of nitrogens with zero attached hydrogens (tertiary/aromatic N) is 2. The third-order valence-corrected chi connectivity index (χ3v) is 5.62. The first-order valence-electron chi connectivity index (χ1n) is 10.5. The molecule has 3 rings (SSSR count). The van der Waals surface area contributed by atoms with E-state index in [0.29, 0.717) is 16.9 Å². The lowest BCUT2D eigenvalue weighted by Gasteiger charge is -2.24. The fraction of sp³-hybridized carbons (Fsp3) is 0.391. The van der Waals surface area contributed by atoms with Gasteiger partial charge in [0.15, 0.2) is 0 Å². The topological polar surface area (TPSA) is 105 Å². The summed E-state index contributed by atoms with van der Waals surface area (Å²) in [4.78, 5) is 38.1. The number of hydrogen-bond acceptors (Lipinski definition) is 5. The third-order valence-electron chi connectivity index (χ3n) is 5.62. The van der Waals surface area contributed by atoms with E-state index in [1.807, 2.05) is 20.8 Å². The molecule has 0 spiro atoms. The first-order chi connectivity index (χ1) is 14.7. The second-order valence-corrected chi connectivity index (χ2v) is 8.38. The number of anilines is 2. The maximum absolute atomic E-state index is 13.0. The Bertz CT molecular complexity index is 980. The van der Waals surface area contributed by atoms with Crippen LogP contribution in [0.4, 0.5) is 17.1 Å². The quantitative estimate of drug-likeness (QED) is 0.507. The van der Waals surface area contributed by atoms with Crippen LogP contribution in [0.2, 0.25) is 0 Å². The van der Waals surface area contributed by atoms with Crippen molar-refractivity contribution in [3.63, 3.8) is 0 Å². The highest BCUT2D eigenvalue weighted by Crippen LogP contribution is 2.29. The predicted octanol–water partition coefficient (Wildman–Crippen LogP) is 4.37. The van der Waals surface area contributed by atoms with Crippen LogP contribution in [0.1, 0.15) is 60.7 Å². The van der Waals surface area contributed by atoms with Crippen molar-refractivity contribution < 1.29 is 14.5 Å². The molecule has 8 heteroatoms. The van der Waals surface area contributed by atoms with Gasteiger partial charge in [-0.05, 0) is 63.4 Å². The second kappa shape index (κ2) is 9.16. The van der Waals surface area contributed by atoms with E-state index in [4.69, 9.17) is 0 Å². The molecule has 1 heterocycles. The van der Waals surface area contributed by atoms with Crippen molar-refractivity contribution in [2.75, 3.05) is 23.3 Å². The fourth-order valence-corrected chi connectivity index (χ4v) is 3.42. The van der Waals surface area contributed by atoms with Crippen molar-refractivity contribution in [2.24, 2.45) is 0 Å². The van der Waals surface area contributed by atoms with Gasteiger partial charge >= 0.3 is 0 Å². The number of amides is 2. The molecule has 0 saturated carbocycles. The van der Waals surface area contributed by atoms with E-state index in [0.717, 1.165) is 32.4 Å². The Morgan fingerprint density at radius 2 is 1.71 bits per heavy atom. The average Bonchev–Trinajstić information content (AvgIpc) is 3.28. The molecule has 0 unspecified atom stereocenters. The molecule has 164 valence electrons. The Morgan fingerprint density at radius 1 is 1.06 bits per heavy atom. The molecular weight excluding hydrogens is 396 g/mol. The van der Waals surface area contributed by atoms with Crippen molar-refractivity contribution in [1.29, 1.82) is 0 Å². The molecule has 1 fully saturated rings. The molecule has 0 radical (unpaired) electrons. The van der Waals surface area contributed by atoms with Gasteiger partial charge in [-0.1, -0.05) is 6.92 Å². The van der Waals surface area contributed by atoms with Gasteiger partial charge in [0.25, 0.3) is 17.5 Å². The number of nitro groups is 1. The summed E-state index contributed by atoms with van der Waals surface area (Å²) in [7, 11) is 0. The molecule has 1 saturated heterocycles.